The zero-order valence-corrected chi connectivity index (χ0v) is 40.1. The van der Waals surface area contributed by atoms with Gasteiger partial charge in [-0.1, -0.05) is 62.3 Å². The number of carbonyl (C=O) groups is 11. The number of carbonyl (C=O) groups excluding carboxylic acids is 11. The number of alkyl carbamates (subject to hydrolysis) is 1. The van der Waals surface area contributed by atoms with Crippen LogP contribution in [0.5, 0.6) is 0 Å². The summed E-state index contributed by atoms with van der Waals surface area (Å²) in [7, 11) is 0. The Morgan fingerprint density at radius 2 is 0.984 bits per heavy atom. The fraction of sp³-hybridized carbons (Fsp3) is 0.630. The van der Waals surface area contributed by atoms with E-state index in [1.807, 2.05) is 62.3 Å². The molecule has 0 aromatic heterocycles. The highest BCUT2D eigenvalue weighted by molar-refractivity contribution is 6.17. The lowest BCUT2D eigenvalue weighted by Crippen LogP contribution is -2.76. The number of nitrogens with zero attached hydrogens (tertiary/aromatic N) is 4. The summed E-state index contributed by atoms with van der Waals surface area (Å²) in [6, 6.07) is -1.05. The van der Waals surface area contributed by atoms with E-state index in [1.54, 1.807) is 41.5 Å². The highest BCUT2D eigenvalue weighted by Crippen LogP contribution is 2.36. The predicted octanol–water partition coefficient (Wildman–Crippen LogP) is 4.63. The van der Waals surface area contributed by atoms with Crippen molar-refractivity contribution in [2.75, 3.05) is 26.2 Å². The van der Waals surface area contributed by atoms with Gasteiger partial charge in [-0.05, 0) is 57.8 Å². The fourth-order valence-electron chi connectivity index (χ4n) is 6.57. The standard InChI is InChI=1S/C18H26N2O5.C17H26N2O5.C11H15NO3/c1-16(2,3)9-12(21)18(20-13(22)7-8-14(20)23)10-19(11-18)15(24)25-17(4,5)6;1-16(2,3)9-12(20)11(19-13(21)7-8-14(19)22)10-18-15(23)24-17(4,5)6;1-11(2,3)6-8(13)7-12-9(14)4-5-10(12)15/h7-8H,9-11H2,1-6H3;7-8,11H,9-10H2,1-6H3,(H,18,23);4-5H,6-7H2,1-3H3. The van der Waals surface area contributed by atoms with Crippen LogP contribution < -0.4 is 5.32 Å². The van der Waals surface area contributed by atoms with E-state index in [0.717, 1.165) is 39.0 Å². The highest BCUT2D eigenvalue weighted by atomic mass is 16.6. The van der Waals surface area contributed by atoms with Crippen molar-refractivity contribution in [3.8, 4) is 0 Å². The average Bonchev–Trinajstić information content (AvgIpc) is 3.68. The largest absolute Gasteiger partial charge is 0.444 e. The van der Waals surface area contributed by atoms with Crippen molar-refractivity contribution in [2.45, 2.75) is 146 Å². The van der Waals surface area contributed by atoms with Crippen molar-refractivity contribution in [3.63, 3.8) is 0 Å². The zero-order valence-electron chi connectivity index (χ0n) is 40.1. The number of Topliss-reactive ketones (excluding diaryl/α,β-unsaturated/α-hetero) is 3. The van der Waals surface area contributed by atoms with Gasteiger partial charge in [0.2, 0.25) is 0 Å². The SMILES string of the molecule is CC(C)(C)CC(=O)C(CNC(=O)OC(C)(C)C)N1C(=O)C=CC1=O.CC(C)(C)CC(=O)C1(N2C(=O)C=CC2=O)CN(C(=O)OC(C)(C)C)C1.CC(C)(C)CC(=O)CN1C(=O)C=CC1=O. The van der Waals surface area contributed by atoms with Gasteiger partial charge in [-0.2, -0.15) is 0 Å². The summed E-state index contributed by atoms with van der Waals surface area (Å²) >= 11 is 0. The monoisotopic (exact) mass is 897 g/mol. The molecule has 1 unspecified atom stereocenters. The van der Waals surface area contributed by atoms with Gasteiger partial charge in [0.15, 0.2) is 17.3 Å². The fourth-order valence-corrected chi connectivity index (χ4v) is 6.57. The third kappa shape index (κ3) is 16.7. The third-order valence-electron chi connectivity index (χ3n) is 9.04. The van der Waals surface area contributed by atoms with Gasteiger partial charge in [0.25, 0.3) is 35.4 Å². The Labute approximate surface area is 376 Å². The van der Waals surface area contributed by atoms with E-state index < -0.39 is 70.4 Å². The summed E-state index contributed by atoms with van der Waals surface area (Å²) in [5, 5.41) is 2.47. The molecule has 0 aromatic carbocycles. The zero-order chi connectivity index (χ0) is 49.6. The van der Waals surface area contributed by atoms with Crippen LogP contribution in [0, 0.1) is 16.2 Å². The number of nitrogens with one attached hydrogen (secondary N) is 1. The lowest BCUT2D eigenvalue weighted by atomic mass is 9.76. The first kappa shape index (κ1) is 54.3. The molecule has 4 heterocycles. The van der Waals surface area contributed by atoms with Gasteiger partial charge in [0.05, 0.1) is 19.6 Å². The van der Waals surface area contributed by atoms with E-state index in [4.69, 9.17) is 9.47 Å². The number of ketones is 3. The lowest BCUT2D eigenvalue weighted by Gasteiger charge is -2.52. The van der Waals surface area contributed by atoms with Crippen molar-refractivity contribution in [1.29, 1.82) is 0 Å². The Balaban J connectivity index is 0.000000341. The minimum atomic E-state index is -1.30. The molecule has 18 nitrogen and oxygen atoms in total. The molecule has 8 amide bonds. The van der Waals surface area contributed by atoms with E-state index >= 15 is 0 Å². The summed E-state index contributed by atoms with van der Waals surface area (Å²) in [4.78, 5) is 136. The van der Waals surface area contributed by atoms with Crippen molar-refractivity contribution < 1.29 is 62.2 Å². The Morgan fingerprint density at radius 3 is 1.39 bits per heavy atom. The minimum Gasteiger partial charge on any atom is -0.444 e. The van der Waals surface area contributed by atoms with Crippen LogP contribution >= 0.6 is 0 Å². The molecule has 64 heavy (non-hydrogen) atoms. The molecule has 0 bridgehead atoms. The second-order valence-electron chi connectivity index (χ2n) is 21.7. The van der Waals surface area contributed by atoms with Crippen LogP contribution in [0.25, 0.3) is 0 Å². The maximum Gasteiger partial charge on any atom is 0.410 e. The number of ether oxygens (including phenoxy) is 2. The molecule has 18 heteroatoms. The molecular weight excluding hydrogens is 831 g/mol. The molecule has 0 radical (unpaired) electrons. The molecule has 1 N–H and O–H groups in total. The predicted molar refractivity (Wildman–Crippen MR) is 234 cm³/mol. The van der Waals surface area contributed by atoms with Crippen LogP contribution in [-0.4, -0.2) is 134 Å². The molecule has 4 aliphatic rings. The molecule has 1 fully saturated rings. The topological polar surface area (TPSA) is 231 Å². The van der Waals surface area contributed by atoms with Crippen LogP contribution in [0.15, 0.2) is 36.5 Å². The number of imide groups is 3. The van der Waals surface area contributed by atoms with E-state index in [-0.39, 0.29) is 72.6 Å². The van der Waals surface area contributed by atoms with Crippen LogP contribution in [-0.2, 0) is 52.6 Å². The van der Waals surface area contributed by atoms with Gasteiger partial charge in [-0.3, -0.25) is 57.9 Å². The molecule has 0 saturated carbocycles. The van der Waals surface area contributed by atoms with Crippen molar-refractivity contribution >= 4 is 65.0 Å². The Hall–Kier alpha value is -5.81. The van der Waals surface area contributed by atoms with Crippen LogP contribution in [0.4, 0.5) is 9.59 Å². The summed E-state index contributed by atoms with van der Waals surface area (Å²) in [5.41, 5.74) is -3.37. The number of rotatable bonds is 11. The van der Waals surface area contributed by atoms with Gasteiger partial charge in [0.1, 0.15) is 22.8 Å². The Morgan fingerprint density at radius 1 is 0.578 bits per heavy atom. The van der Waals surface area contributed by atoms with Crippen molar-refractivity contribution in [3.05, 3.63) is 36.5 Å². The first-order valence-electron chi connectivity index (χ1n) is 21.0. The van der Waals surface area contributed by atoms with Crippen molar-refractivity contribution in [2.24, 2.45) is 16.2 Å². The molecule has 0 aromatic rings. The Bertz CT molecular complexity index is 1940. The minimum absolute atomic E-state index is 0.0318. The second kappa shape index (κ2) is 20.4. The van der Waals surface area contributed by atoms with Crippen molar-refractivity contribution in [1.82, 2.24) is 24.9 Å². The average molecular weight is 898 g/mol. The summed E-state index contributed by atoms with van der Waals surface area (Å²) in [6.45, 7) is 27.3. The van der Waals surface area contributed by atoms with E-state index in [0.29, 0.717) is 6.42 Å². The van der Waals surface area contributed by atoms with E-state index in [2.05, 4.69) is 5.32 Å². The number of amides is 8. The first-order chi connectivity index (χ1) is 28.8. The summed E-state index contributed by atoms with van der Waals surface area (Å²) in [5.74, 6) is -3.55. The highest BCUT2D eigenvalue weighted by Gasteiger charge is 2.59. The van der Waals surface area contributed by atoms with Crippen LogP contribution in [0.1, 0.15) is 123 Å². The van der Waals surface area contributed by atoms with Crippen LogP contribution in [0.3, 0.4) is 0 Å². The molecule has 0 aliphatic carbocycles. The number of likely N-dealkylation sites (tertiary alicyclic amines) is 1. The van der Waals surface area contributed by atoms with Crippen LogP contribution in [0.2, 0.25) is 0 Å². The summed E-state index contributed by atoms with van der Waals surface area (Å²) in [6.07, 6.45) is 6.40. The number of hydrogen-bond acceptors (Lipinski definition) is 13. The van der Waals surface area contributed by atoms with E-state index in [1.165, 1.54) is 17.1 Å². The molecule has 4 aliphatic heterocycles. The first-order valence-corrected chi connectivity index (χ1v) is 21.0. The lowest BCUT2D eigenvalue weighted by molar-refractivity contribution is -0.162. The summed E-state index contributed by atoms with van der Waals surface area (Å²) < 4.78 is 10.4. The maximum absolute atomic E-state index is 12.9. The second-order valence-corrected chi connectivity index (χ2v) is 21.7. The molecule has 0 spiro atoms. The molecule has 1 atom stereocenters. The number of hydrogen-bond donors (Lipinski definition) is 1. The Kier molecular flexibility index (Phi) is 17.3. The quantitative estimate of drug-likeness (QED) is 0.279. The normalized spacial score (nSPS) is 17.7. The molecular formula is C46H67N5O13. The maximum atomic E-state index is 12.9. The molecule has 354 valence electrons. The third-order valence-corrected chi connectivity index (χ3v) is 9.04. The smallest absolute Gasteiger partial charge is 0.410 e. The van der Waals surface area contributed by atoms with Gasteiger partial charge in [0, 0.05) is 62.3 Å². The van der Waals surface area contributed by atoms with Gasteiger partial charge >= 0.3 is 12.2 Å². The van der Waals surface area contributed by atoms with Gasteiger partial charge in [-0.15, -0.1) is 0 Å². The molecule has 4 rings (SSSR count). The van der Waals surface area contributed by atoms with Gasteiger partial charge < -0.3 is 19.7 Å². The van der Waals surface area contributed by atoms with Gasteiger partial charge in [-0.25, -0.2) is 9.59 Å². The van der Waals surface area contributed by atoms with E-state index in [9.17, 15) is 52.7 Å². The molecule has 1 saturated heterocycles.